The molecule has 33 heavy (non-hydrogen) atoms. The van der Waals surface area contributed by atoms with Gasteiger partial charge in [-0.25, -0.2) is 0 Å². The van der Waals surface area contributed by atoms with Crippen molar-refractivity contribution in [3.8, 4) is 0 Å². The maximum absolute atomic E-state index is 5.79. The summed E-state index contributed by atoms with van der Waals surface area (Å²) in [6, 6.07) is 34.6. The molecule has 4 aromatic carbocycles. The van der Waals surface area contributed by atoms with Crippen LogP contribution in [0.1, 0.15) is 47.2 Å². The summed E-state index contributed by atoms with van der Waals surface area (Å²) in [4.78, 5) is 0. The molecule has 0 amide bonds. The Labute approximate surface area is 198 Å². The molecule has 0 fully saturated rings. The van der Waals surface area contributed by atoms with Crippen LogP contribution in [0.4, 0.5) is 11.4 Å². The van der Waals surface area contributed by atoms with Gasteiger partial charge >= 0.3 is 0 Å². The lowest BCUT2D eigenvalue weighted by atomic mass is 9.77. The summed E-state index contributed by atoms with van der Waals surface area (Å²) in [6.07, 6.45) is 4.13. The molecule has 2 heteroatoms. The summed E-state index contributed by atoms with van der Waals surface area (Å²) in [5.74, 6) is 0. The highest BCUT2D eigenvalue weighted by Gasteiger charge is 2.22. The van der Waals surface area contributed by atoms with Crippen molar-refractivity contribution in [3.63, 3.8) is 0 Å². The third kappa shape index (κ3) is 5.84. The quantitative estimate of drug-likeness (QED) is 0.301. The Hall–Kier alpha value is -3.52. The first-order valence-corrected chi connectivity index (χ1v) is 11.8. The van der Waals surface area contributed by atoms with E-state index in [4.69, 9.17) is 11.5 Å². The molecule has 0 heterocycles. The van der Waals surface area contributed by atoms with Crippen molar-refractivity contribution >= 4 is 11.4 Å². The number of nitrogens with two attached hydrogens (primary N) is 2. The fourth-order valence-corrected chi connectivity index (χ4v) is 4.29. The summed E-state index contributed by atoms with van der Waals surface area (Å²) >= 11 is 0. The second kappa shape index (κ2) is 9.95. The van der Waals surface area contributed by atoms with Crippen LogP contribution in [0.3, 0.4) is 0 Å². The first-order chi connectivity index (χ1) is 15.9. The van der Waals surface area contributed by atoms with E-state index in [9.17, 15) is 0 Å². The zero-order valence-corrected chi connectivity index (χ0v) is 19.7. The lowest BCUT2D eigenvalue weighted by Crippen LogP contribution is -2.18. The predicted octanol–water partition coefficient (Wildman–Crippen LogP) is 6.75. The van der Waals surface area contributed by atoms with E-state index in [1.165, 1.54) is 33.4 Å². The number of rotatable bonds is 8. The Morgan fingerprint density at radius 1 is 0.424 bits per heavy atom. The van der Waals surface area contributed by atoms with Gasteiger partial charge in [0.05, 0.1) is 0 Å². The van der Waals surface area contributed by atoms with Crippen LogP contribution in [-0.2, 0) is 31.1 Å². The van der Waals surface area contributed by atoms with Crippen LogP contribution in [0.25, 0.3) is 0 Å². The number of anilines is 2. The van der Waals surface area contributed by atoms with Crippen molar-refractivity contribution in [2.24, 2.45) is 0 Å². The Balaban J connectivity index is 1.37. The molecular formula is C31H34N2. The first-order valence-electron chi connectivity index (χ1n) is 11.8. The molecule has 2 nitrogen and oxygen atoms in total. The van der Waals surface area contributed by atoms with Gasteiger partial charge < -0.3 is 11.5 Å². The van der Waals surface area contributed by atoms with E-state index in [1.54, 1.807) is 0 Å². The monoisotopic (exact) mass is 434 g/mol. The number of benzene rings is 4. The smallest absolute Gasteiger partial charge is 0.0314 e. The fraction of sp³-hybridized carbons (Fsp3) is 0.226. The van der Waals surface area contributed by atoms with Gasteiger partial charge in [0.1, 0.15) is 0 Å². The molecule has 0 aliphatic rings. The molecule has 168 valence electrons. The topological polar surface area (TPSA) is 52.0 Å². The minimum Gasteiger partial charge on any atom is -0.399 e. The molecule has 4 aromatic rings. The van der Waals surface area contributed by atoms with Crippen molar-refractivity contribution in [2.75, 3.05) is 11.5 Å². The zero-order valence-electron chi connectivity index (χ0n) is 19.7. The lowest BCUT2D eigenvalue weighted by Gasteiger charge is -2.26. The number of aryl methyl sites for hydroxylation is 4. The highest BCUT2D eigenvalue weighted by molar-refractivity contribution is 5.42. The molecule has 0 radical (unpaired) electrons. The maximum atomic E-state index is 5.79. The zero-order chi connectivity index (χ0) is 23.3. The molecule has 0 aromatic heterocycles. The summed E-state index contributed by atoms with van der Waals surface area (Å²) in [5, 5.41) is 0. The normalized spacial score (nSPS) is 11.5. The SMILES string of the molecule is CC(C)(c1ccc(CCc2ccc(N)cc2)cc1)c1ccc(CCc2ccc(N)cc2)cc1. The summed E-state index contributed by atoms with van der Waals surface area (Å²) in [5.41, 5.74) is 21.2. The van der Waals surface area contributed by atoms with Crippen LogP contribution < -0.4 is 11.5 Å². The fourth-order valence-electron chi connectivity index (χ4n) is 4.29. The van der Waals surface area contributed by atoms with Gasteiger partial charge in [-0.2, -0.15) is 0 Å². The van der Waals surface area contributed by atoms with E-state index in [2.05, 4.69) is 86.6 Å². The molecule has 0 bridgehead atoms. The van der Waals surface area contributed by atoms with Crippen LogP contribution in [-0.4, -0.2) is 0 Å². The third-order valence-corrected chi connectivity index (χ3v) is 6.72. The van der Waals surface area contributed by atoms with Gasteiger partial charge in [0.15, 0.2) is 0 Å². The van der Waals surface area contributed by atoms with Crippen LogP contribution in [0, 0.1) is 0 Å². The molecule has 0 saturated carbocycles. The van der Waals surface area contributed by atoms with E-state index in [0.717, 1.165) is 37.1 Å². The van der Waals surface area contributed by atoms with Crippen molar-refractivity contribution in [1.29, 1.82) is 0 Å². The minimum absolute atomic E-state index is 0.0367. The van der Waals surface area contributed by atoms with Crippen LogP contribution >= 0.6 is 0 Å². The minimum atomic E-state index is -0.0367. The average molecular weight is 435 g/mol. The van der Waals surface area contributed by atoms with Crippen molar-refractivity contribution in [3.05, 3.63) is 130 Å². The van der Waals surface area contributed by atoms with Gasteiger partial charge in [-0.1, -0.05) is 86.6 Å². The van der Waals surface area contributed by atoms with Crippen molar-refractivity contribution in [2.45, 2.75) is 44.9 Å². The molecule has 4 N–H and O–H groups in total. The molecule has 0 aliphatic heterocycles. The Bertz CT molecular complexity index is 1060. The molecule has 0 atom stereocenters. The van der Waals surface area contributed by atoms with E-state index in [1.807, 2.05) is 24.3 Å². The largest absolute Gasteiger partial charge is 0.399 e. The van der Waals surface area contributed by atoms with Crippen LogP contribution in [0.2, 0.25) is 0 Å². The van der Waals surface area contributed by atoms with Crippen LogP contribution in [0.15, 0.2) is 97.1 Å². The average Bonchev–Trinajstić information content (AvgIpc) is 2.84. The van der Waals surface area contributed by atoms with Crippen molar-refractivity contribution < 1.29 is 0 Å². The Morgan fingerprint density at radius 2 is 0.667 bits per heavy atom. The van der Waals surface area contributed by atoms with E-state index >= 15 is 0 Å². The second-order valence-electron chi connectivity index (χ2n) is 9.50. The summed E-state index contributed by atoms with van der Waals surface area (Å²) in [6.45, 7) is 4.61. The third-order valence-electron chi connectivity index (χ3n) is 6.72. The first kappa shape index (κ1) is 22.7. The second-order valence-corrected chi connectivity index (χ2v) is 9.50. The number of nitrogen functional groups attached to an aromatic ring is 2. The molecule has 0 aliphatic carbocycles. The van der Waals surface area contributed by atoms with E-state index in [-0.39, 0.29) is 5.41 Å². The van der Waals surface area contributed by atoms with Gasteiger partial charge in [-0.05, 0) is 83.3 Å². The van der Waals surface area contributed by atoms with Gasteiger partial charge in [0.2, 0.25) is 0 Å². The highest BCUT2D eigenvalue weighted by Crippen LogP contribution is 2.32. The molecule has 0 unspecified atom stereocenters. The van der Waals surface area contributed by atoms with Gasteiger partial charge in [0.25, 0.3) is 0 Å². The van der Waals surface area contributed by atoms with Crippen LogP contribution in [0.5, 0.6) is 0 Å². The standard InChI is InChI=1S/C31H34N2/c1-31(2,27-15-7-23(8-16-27)3-5-25-11-19-29(32)20-12-25)28-17-9-24(10-18-28)4-6-26-13-21-30(33)22-14-26/h7-22H,3-6,32-33H2,1-2H3. The summed E-state index contributed by atoms with van der Waals surface area (Å²) in [7, 11) is 0. The predicted molar refractivity (Wildman–Crippen MR) is 142 cm³/mol. The number of hydrogen-bond acceptors (Lipinski definition) is 2. The molecule has 4 rings (SSSR count). The number of hydrogen-bond donors (Lipinski definition) is 2. The van der Waals surface area contributed by atoms with Gasteiger partial charge in [-0.3, -0.25) is 0 Å². The lowest BCUT2D eigenvalue weighted by molar-refractivity contribution is 0.640. The Morgan fingerprint density at radius 3 is 0.939 bits per heavy atom. The van der Waals surface area contributed by atoms with E-state index in [0.29, 0.717) is 0 Å². The van der Waals surface area contributed by atoms with Crippen molar-refractivity contribution in [1.82, 2.24) is 0 Å². The van der Waals surface area contributed by atoms with Gasteiger partial charge in [0, 0.05) is 16.8 Å². The molecule has 0 saturated heterocycles. The highest BCUT2D eigenvalue weighted by atomic mass is 14.5. The Kier molecular flexibility index (Phi) is 6.84. The maximum Gasteiger partial charge on any atom is 0.0314 e. The summed E-state index contributed by atoms with van der Waals surface area (Å²) < 4.78 is 0. The molecule has 0 spiro atoms. The van der Waals surface area contributed by atoms with Gasteiger partial charge in [-0.15, -0.1) is 0 Å². The van der Waals surface area contributed by atoms with E-state index < -0.39 is 0 Å². The molecular weight excluding hydrogens is 400 g/mol.